The Morgan fingerprint density at radius 2 is 2.47 bits per heavy atom. The van der Waals surface area contributed by atoms with Gasteiger partial charge in [0.05, 0.1) is 18.4 Å². The second kappa shape index (κ2) is 6.03. The van der Waals surface area contributed by atoms with Crippen LogP contribution in [-0.4, -0.2) is 53.1 Å². The molecule has 0 radical (unpaired) electrons. The Kier molecular flexibility index (Phi) is 4.15. The molecule has 2 fully saturated rings. The van der Waals surface area contributed by atoms with E-state index in [2.05, 4.69) is 28.3 Å². The number of hydrogen-bond donors (Lipinski definition) is 1. The molecule has 1 aromatic heterocycles. The van der Waals surface area contributed by atoms with Crippen LogP contribution >= 0.6 is 0 Å². The van der Waals surface area contributed by atoms with Crippen LogP contribution in [0, 0.1) is 0 Å². The molecule has 0 saturated carbocycles. The van der Waals surface area contributed by atoms with Crippen molar-refractivity contribution in [2.75, 3.05) is 26.2 Å². The number of aromatic nitrogens is 2. The fourth-order valence-electron chi connectivity index (χ4n) is 3.17. The molecule has 106 valence electrons. The second-order valence-corrected chi connectivity index (χ2v) is 5.52. The van der Waals surface area contributed by atoms with Crippen molar-refractivity contribution >= 4 is 0 Å². The van der Waals surface area contributed by atoms with Gasteiger partial charge in [0.15, 0.2) is 0 Å². The summed E-state index contributed by atoms with van der Waals surface area (Å²) in [6.45, 7) is 8.11. The molecule has 5 nitrogen and oxygen atoms in total. The lowest BCUT2D eigenvalue weighted by atomic mass is 10.2. The number of fused-ring (bicyclic) bond motifs is 1. The summed E-state index contributed by atoms with van der Waals surface area (Å²) in [4.78, 5) is 2.59. The van der Waals surface area contributed by atoms with Crippen molar-refractivity contribution in [2.45, 2.75) is 45.0 Å². The Labute approximate surface area is 114 Å². The van der Waals surface area contributed by atoms with Gasteiger partial charge in [-0.25, -0.2) is 0 Å². The summed E-state index contributed by atoms with van der Waals surface area (Å²) in [5, 5.41) is 7.78. The molecule has 0 bridgehead atoms. The summed E-state index contributed by atoms with van der Waals surface area (Å²) in [6, 6.07) is 2.77. The van der Waals surface area contributed by atoms with Gasteiger partial charge >= 0.3 is 0 Å². The van der Waals surface area contributed by atoms with Crippen LogP contribution < -0.4 is 5.32 Å². The first-order valence-corrected chi connectivity index (χ1v) is 7.44. The summed E-state index contributed by atoms with van der Waals surface area (Å²) in [5.41, 5.74) is 1.25. The molecule has 1 aromatic rings. The predicted molar refractivity (Wildman–Crippen MR) is 73.9 cm³/mol. The van der Waals surface area contributed by atoms with Crippen molar-refractivity contribution in [3.05, 3.63) is 18.0 Å². The van der Waals surface area contributed by atoms with Gasteiger partial charge < -0.3 is 10.1 Å². The van der Waals surface area contributed by atoms with E-state index in [-0.39, 0.29) is 0 Å². The van der Waals surface area contributed by atoms with E-state index in [1.54, 1.807) is 0 Å². The summed E-state index contributed by atoms with van der Waals surface area (Å²) in [5.74, 6) is 0. The van der Waals surface area contributed by atoms with Crippen LogP contribution in [0.15, 0.2) is 12.3 Å². The molecule has 3 rings (SSSR count). The Balaban J connectivity index is 1.43. The van der Waals surface area contributed by atoms with Crippen molar-refractivity contribution < 1.29 is 4.74 Å². The molecule has 0 aromatic carbocycles. The molecule has 3 heterocycles. The summed E-state index contributed by atoms with van der Waals surface area (Å²) in [6.07, 6.45) is 4.86. The minimum Gasteiger partial charge on any atom is -0.374 e. The third-order valence-electron chi connectivity index (χ3n) is 4.24. The van der Waals surface area contributed by atoms with Gasteiger partial charge in [0.2, 0.25) is 0 Å². The molecule has 2 saturated heterocycles. The van der Waals surface area contributed by atoms with Gasteiger partial charge in [0, 0.05) is 38.4 Å². The highest BCUT2D eigenvalue weighted by atomic mass is 16.5. The molecule has 2 unspecified atom stereocenters. The highest BCUT2D eigenvalue weighted by Crippen LogP contribution is 2.22. The topological polar surface area (TPSA) is 42.3 Å². The molecule has 5 heteroatoms. The van der Waals surface area contributed by atoms with Gasteiger partial charge in [-0.1, -0.05) is 0 Å². The van der Waals surface area contributed by atoms with Gasteiger partial charge in [0.1, 0.15) is 0 Å². The molecule has 1 N–H and O–H groups in total. The third-order valence-corrected chi connectivity index (χ3v) is 4.24. The molecule has 0 spiro atoms. The third kappa shape index (κ3) is 2.99. The molecule has 2 aliphatic heterocycles. The molecule has 2 atom stereocenters. The van der Waals surface area contributed by atoms with Crippen molar-refractivity contribution in [3.8, 4) is 0 Å². The van der Waals surface area contributed by atoms with Crippen molar-refractivity contribution in [1.82, 2.24) is 20.0 Å². The van der Waals surface area contributed by atoms with E-state index in [1.807, 2.05) is 10.9 Å². The van der Waals surface area contributed by atoms with Gasteiger partial charge in [-0.3, -0.25) is 9.58 Å². The summed E-state index contributed by atoms with van der Waals surface area (Å²) in [7, 11) is 0. The number of morpholine rings is 1. The van der Waals surface area contributed by atoms with E-state index >= 15 is 0 Å². The van der Waals surface area contributed by atoms with Crippen molar-refractivity contribution in [2.24, 2.45) is 0 Å². The van der Waals surface area contributed by atoms with Gasteiger partial charge in [0.25, 0.3) is 0 Å². The Morgan fingerprint density at radius 1 is 1.53 bits per heavy atom. The fraction of sp³-hybridized carbons (Fsp3) is 0.786. The molecule has 19 heavy (non-hydrogen) atoms. The highest BCUT2D eigenvalue weighted by molar-refractivity contribution is 5.00. The van der Waals surface area contributed by atoms with E-state index in [9.17, 15) is 0 Å². The van der Waals surface area contributed by atoms with E-state index in [0.29, 0.717) is 12.1 Å². The van der Waals surface area contributed by atoms with Crippen LogP contribution in [0.5, 0.6) is 0 Å². The summed E-state index contributed by atoms with van der Waals surface area (Å²) < 4.78 is 7.97. The van der Waals surface area contributed by atoms with Crippen LogP contribution in [-0.2, 0) is 17.8 Å². The van der Waals surface area contributed by atoms with E-state index < -0.39 is 0 Å². The standard InChI is InChI=1S/C14H24N4O/c1-2-18-12(5-6-16-18)8-15-9-14-10-17-7-3-4-13(17)11-19-14/h5-6,13-15H,2-4,7-11H2,1H3. The van der Waals surface area contributed by atoms with Crippen LogP contribution in [0.3, 0.4) is 0 Å². The van der Waals surface area contributed by atoms with Crippen molar-refractivity contribution in [3.63, 3.8) is 0 Å². The lowest BCUT2D eigenvalue weighted by molar-refractivity contribution is -0.0470. The smallest absolute Gasteiger partial charge is 0.0827 e. The first-order chi connectivity index (χ1) is 9.36. The number of aryl methyl sites for hydroxylation is 1. The minimum atomic E-state index is 0.340. The number of ether oxygens (including phenoxy) is 1. The Morgan fingerprint density at radius 3 is 3.37 bits per heavy atom. The Bertz CT molecular complexity index is 406. The first-order valence-electron chi connectivity index (χ1n) is 7.44. The quantitative estimate of drug-likeness (QED) is 0.856. The molecular weight excluding hydrogens is 240 g/mol. The molecular formula is C14H24N4O. The van der Waals surface area contributed by atoms with Crippen LogP contribution in [0.1, 0.15) is 25.5 Å². The van der Waals surface area contributed by atoms with Crippen LogP contribution in [0.25, 0.3) is 0 Å². The molecule has 0 amide bonds. The van der Waals surface area contributed by atoms with Gasteiger partial charge in [-0.2, -0.15) is 5.10 Å². The normalized spacial score (nSPS) is 27.6. The fourth-order valence-corrected chi connectivity index (χ4v) is 3.17. The predicted octanol–water partition coefficient (Wildman–Crippen LogP) is 0.856. The Hall–Kier alpha value is -0.910. The average Bonchev–Trinajstić information content (AvgIpc) is 3.06. The monoisotopic (exact) mass is 264 g/mol. The average molecular weight is 264 g/mol. The highest BCUT2D eigenvalue weighted by Gasteiger charge is 2.31. The largest absolute Gasteiger partial charge is 0.374 e. The lowest BCUT2D eigenvalue weighted by Gasteiger charge is -2.35. The van der Waals surface area contributed by atoms with E-state index in [1.165, 1.54) is 25.1 Å². The number of hydrogen-bond acceptors (Lipinski definition) is 4. The maximum absolute atomic E-state index is 5.94. The SMILES string of the molecule is CCn1nccc1CNCC1CN2CCCC2CO1. The van der Waals surface area contributed by atoms with E-state index in [4.69, 9.17) is 4.74 Å². The van der Waals surface area contributed by atoms with Crippen LogP contribution in [0.4, 0.5) is 0 Å². The number of nitrogens with one attached hydrogen (secondary N) is 1. The second-order valence-electron chi connectivity index (χ2n) is 5.52. The minimum absolute atomic E-state index is 0.340. The summed E-state index contributed by atoms with van der Waals surface area (Å²) >= 11 is 0. The van der Waals surface area contributed by atoms with Crippen molar-refractivity contribution in [1.29, 1.82) is 0 Å². The first kappa shape index (κ1) is 13.1. The number of rotatable bonds is 5. The zero-order valence-corrected chi connectivity index (χ0v) is 11.7. The lowest BCUT2D eigenvalue weighted by Crippen LogP contribution is -2.49. The van der Waals surface area contributed by atoms with Gasteiger partial charge in [-0.05, 0) is 32.4 Å². The molecule has 2 aliphatic rings. The molecule has 0 aliphatic carbocycles. The van der Waals surface area contributed by atoms with E-state index in [0.717, 1.165) is 32.8 Å². The maximum Gasteiger partial charge on any atom is 0.0827 e. The zero-order chi connectivity index (χ0) is 13.1. The zero-order valence-electron chi connectivity index (χ0n) is 11.7. The maximum atomic E-state index is 5.94. The van der Waals surface area contributed by atoms with Gasteiger partial charge in [-0.15, -0.1) is 0 Å². The number of nitrogens with zero attached hydrogens (tertiary/aromatic N) is 3. The van der Waals surface area contributed by atoms with Crippen LogP contribution in [0.2, 0.25) is 0 Å².